The molecule has 0 saturated heterocycles. The van der Waals surface area contributed by atoms with E-state index in [1.807, 2.05) is 23.1 Å². The van der Waals surface area contributed by atoms with Gasteiger partial charge in [0.25, 0.3) is 0 Å². The Morgan fingerprint density at radius 1 is 1.03 bits per heavy atom. The number of nitrogens with zero attached hydrogens (tertiary/aromatic N) is 5. The molecule has 30 heavy (non-hydrogen) atoms. The van der Waals surface area contributed by atoms with Gasteiger partial charge in [0.1, 0.15) is 5.82 Å². The van der Waals surface area contributed by atoms with Gasteiger partial charge in [-0.15, -0.1) is 0 Å². The van der Waals surface area contributed by atoms with E-state index in [0.29, 0.717) is 6.54 Å². The van der Waals surface area contributed by atoms with Crippen LogP contribution in [0.15, 0.2) is 66.0 Å². The third-order valence-corrected chi connectivity index (χ3v) is 4.99. The zero-order valence-electron chi connectivity index (χ0n) is 18.0. The molecule has 158 valence electrons. The van der Waals surface area contributed by atoms with Crippen LogP contribution < -0.4 is 15.5 Å². The summed E-state index contributed by atoms with van der Waals surface area (Å²) in [6.07, 6.45) is 6.57. The summed E-state index contributed by atoms with van der Waals surface area (Å²) in [6, 6.07) is 14.6. The Labute approximate surface area is 178 Å². The molecule has 0 bridgehead atoms. The van der Waals surface area contributed by atoms with Gasteiger partial charge in [-0.1, -0.05) is 18.2 Å². The Morgan fingerprint density at radius 3 is 2.40 bits per heavy atom. The summed E-state index contributed by atoms with van der Waals surface area (Å²) in [5.41, 5.74) is 3.46. The normalized spacial score (nSPS) is 11.4. The van der Waals surface area contributed by atoms with Gasteiger partial charge in [-0.25, -0.2) is 9.67 Å². The number of rotatable bonds is 9. The highest BCUT2D eigenvalue weighted by Crippen LogP contribution is 2.11. The fourth-order valence-electron chi connectivity index (χ4n) is 3.22. The first-order valence-electron chi connectivity index (χ1n) is 10.5. The molecule has 2 heterocycles. The van der Waals surface area contributed by atoms with Crippen LogP contribution in [0.25, 0.3) is 5.69 Å². The molecule has 0 aliphatic heterocycles. The van der Waals surface area contributed by atoms with E-state index < -0.39 is 0 Å². The molecule has 3 aromatic rings. The van der Waals surface area contributed by atoms with Gasteiger partial charge in [-0.2, -0.15) is 5.10 Å². The zero-order chi connectivity index (χ0) is 21.2. The number of pyridine rings is 1. The molecule has 0 aliphatic carbocycles. The number of hydrogen-bond donors (Lipinski definition) is 2. The van der Waals surface area contributed by atoms with Crippen molar-refractivity contribution in [2.24, 2.45) is 4.99 Å². The third-order valence-electron chi connectivity index (χ3n) is 4.99. The lowest BCUT2D eigenvalue weighted by atomic mass is 10.1. The number of benzene rings is 1. The van der Waals surface area contributed by atoms with E-state index in [1.54, 1.807) is 13.2 Å². The van der Waals surface area contributed by atoms with Crippen molar-refractivity contribution in [1.82, 2.24) is 25.4 Å². The molecule has 2 aromatic heterocycles. The molecule has 0 unspecified atom stereocenters. The van der Waals surface area contributed by atoms with E-state index in [2.05, 4.69) is 80.9 Å². The average Bonchev–Trinajstić information content (AvgIpc) is 3.33. The third kappa shape index (κ3) is 5.83. The molecule has 7 heteroatoms. The second-order valence-corrected chi connectivity index (χ2v) is 6.92. The smallest absolute Gasteiger partial charge is 0.191 e. The molecule has 2 N–H and O–H groups in total. The highest BCUT2D eigenvalue weighted by molar-refractivity contribution is 5.79. The van der Waals surface area contributed by atoms with Crippen LogP contribution >= 0.6 is 0 Å². The van der Waals surface area contributed by atoms with Crippen molar-refractivity contribution in [2.45, 2.75) is 26.8 Å². The average molecular weight is 406 g/mol. The standard InChI is InChI=1S/C23H31N7/c1-4-29(5-2)22-12-9-20(17-26-22)18-27-23(24-3)25-15-13-19-7-10-21(11-8-19)30-16-6-14-28-30/h6-12,14,16-17H,4-5,13,15,18H2,1-3H3,(H2,24,25,27). The van der Waals surface area contributed by atoms with Crippen molar-refractivity contribution in [3.05, 3.63) is 72.2 Å². The van der Waals surface area contributed by atoms with Crippen LogP contribution in [0.2, 0.25) is 0 Å². The van der Waals surface area contributed by atoms with Gasteiger partial charge >= 0.3 is 0 Å². The number of aromatic nitrogens is 3. The molecule has 0 aliphatic rings. The Balaban J connectivity index is 1.43. The molecule has 0 atom stereocenters. The van der Waals surface area contributed by atoms with Crippen molar-refractivity contribution in [2.75, 3.05) is 31.6 Å². The minimum Gasteiger partial charge on any atom is -0.357 e. The zero-order valence-corrected chi connectivity index (χ0v) is 18.0. The Morgan fingerprint density at radius 2 is 1.80 bits per heavy atom. The lowest BCUT2D eigenvalue weighted by Gasteiger charge is -2.19. The first-order valence-corrected chi connectivity index (χ1v) is 10.5. The SMILES string of the molecule is CCN(CC)c1ccc(CNC(=NC)NCCc2ccc(-n3cccn3)cc2)cn1. The monoisotopic (exact) mass is 405 g/mol. The Hall–Kier alpha value is -3.35. The first kappa shape index (κ1) is 21.4. The van der Waals surface area contributed by atoms with Crippen LogP contribution in [-0.2, 0) is 13.0 Å². The maximum atomic E-state index is 4.57. The second kappa shape index (κ2) is 11.0. The van der Waals surface area contributed by atoms with E-state index in [0.717, 1.165) is 49.1 Å². The molecular formula is C23H31N7. The van der Waals surface area contributed by atoms with Gasteiger partial charge in [-0.3, -0.25) is 4.99 Å². The van der Waals surface area contributed by atoms with Gasteiger partial charge in [-0.05, 0) is 55.7 Å². The van der Waals surface area contributed by atoms with Crippen molar-refractivity contribution in [1.29, 1.82) is 0 Å². The number of hydrogen-bond acceptors (Lipinski definition) is 4. The molecule has 0 fully saturated rings. The molecule has 3 rings (SSSR count). The van der Waals surface area contributed by atoms with Crippen molar-refractivity contribution in [3.63, 3.8) is 0 Å². The summed E-state index contributed by atoms with van der Waals surface area (Å²) in [5.74, 6) is 1.81. The van der Waals surface area contributed by atoms with Crippen LogP contribution in [0.5, 0.6) is 0 Å². The quantitative estimate of drug-likeness (QED) is 0.423. The van der Waals surface area contributed by atoms with Crippen LogP contribution in [0.3, 0.4) is 0 Å². The summed E-state index contributed by atoms with van der Waals surface area (Å²) < 4.78 is 1.86. The maximum absolute atomic E-state index is 4.57. The van der Waals surface area contributed by atoms with Gasteiger partial charge in [0.15, 0.2) is 5.96 Å². The summed E-state index contributed by atoms with van der Waals surface area (Å²) in [6.45, 7) is 7.70. The van der Waals surface area contributed by atoms with E-state index in [1.165, 1.54) is 5.56 Å². The molecule has 1 aromatic carbocycles. The van der Waals surface area contributed by atoms with Gasteiger partial charge in [0.05, 0.1) is 5.69 Å². The lowest BCUT2D eigenvalue weighted by Crippen LogP contribution is -2.37. The van der Waals surface area contributed by atoms with Crippen molar-refractivity contribution in [3.8, 4) is 5.69 Å². The topological polar surface area (TPSA) is 70.4 Å². The Kier molecular flexibility index (Phi) is 7.83. The number of anilines is 1. The summed E-state index contributed by atoms with van der Waals surface area (Å²) in [4.78, 5) is 11.1. The van der Waals surface area contributed by atoms with Gasteiger partial charge in [0, 0.05) is 51.8 Å². The first-order chi connectivity index (χ1) is 14.7. The molecule has 0 spiro atoms. The molecule has 0 saturated carbocycles. The van der Waals surface area contributed by atoms with Crippen LogP contribution in [0, 0.1) is 0 Å². The van der Waals surface area contributed by atoms with Crippen LogP contribution in [0.1, 0.15) is 25.0 Å². The fourth-order valence-corrected chi connectivity index (χ4v) is 3.22. The minimum absolute atomic E-state index is 0.684. The van der Waals surface area contributed by atoms with E-state index in [9.17, 15) is 0 Å². The van der Waals surface area contributed by atoms with E-state index in [4.69, 9.17) is 0 Å². The summed E-state index contributed by atoms with van der Waals surface area (Å²) in [5, 5.41) is 11.0. The van der Waals surface area contributed by atoms with Gasteiger partial charge < -0.3 is 15.5 Å². The lowest BCUT2D eigenvalue weighted by molar-refractivity contribution is 0.790. The maximum Gasteiger partial charge on any atom is 0.191 e. The molecule has 0 amide bonds. The molecular weight excluding hydrogens is 374 g/mol. The fraction of sp³-hybridized carbons (Fsp3) is 0.348. The number of aliphatic imine (C=N–C) groups is 1. The molecule has 7 nitrogen and oxygen atoms in total. The highest BCUT2D eigenvalue weighted by Gasteiger charge is 2.04. The Bertz CT molecular complexity index is 896. The molecule has 0 radical (unpaired) electrons. The van der Waals surface area contributed by atoms with Crippen molar-refractivity contribution >= 4 is 11.8 Å². The van der Waals surface area contributed by atoms with Crippen LogP contribution in [0.4, 0.5) is 5.82 Å². The predicted octanol–water partition coefficient (Wildman–Crippen LogP) is 3.02. The highest BCUT2D eigenvalue weighted by atomic mass is 15.3. The van der Waals surface area contributed by atoms with Gasteiger partial charge in [0.2, 0.25) is 0 Å². The summed E-state index contributed by atoms with van der Waals surface area (Å²) >= 11 is 0. The van der Waals surface area contributed by atoms with E-state index in [-0.39, 0.29) is 0 Å². The largest absolute Gasteiger partial charge is 0.357 e. The second-order valence-electron chi connectivity index (χ2n) is 6.92. The van der Waals surface area contributed by atoms with Crippen molar-refractivity contribution < 1.29 is 0 Å². The van der Waals surface area contributed by atoms with Crippen LogP contribution in [-0.4, -0.2) is 47.4 Å². The van der Waals surface area contributed by atoms with E-state index >= 15 is 0 Å². The summed E-state index contributed by atoms with van der Waals surface area (Å²) in [7, 11) is 1.79. The number of nitrogens with one attached hydrogen (secondary N) is 2. The minimum atomic E-state index is 0.684. The number of guanidine groups is 1. The predicted molar refractivity (Wildman–Crippen MR) is 123 cm³/mol.